The molecule has 35 heavy (non-hydrogen) atoms. The SMILES string of the molecule is COc1ccc(Cn2cc3c(N)c4cc(Cc5ccc(F)cc5)cnc4c(O)c3c2O)c(OC)c1. The standard InChI is InChI=1S/C27H24FN3O4/c1-34-19-8-5-17(22(11-19)35-2)13-31-14-21-23(27(31)33)26(32)25-20(24(21)29)10-16(12-30-25)9-15-3-6-18(28)7-4-15/h3-8,10-12,14,32-33H,9,13,29H2,1-2H3. The Balaban J connectivity index is 1.58. The van der Waals surface area contributed by atoms with Gasteiger partial charge in [-0.1, -0.05) is 12.1 Å². The van der Waals surface area contributed by atoms with E-state index in [0.717, 1.165) is 16.7 Å². The van der Waals surface area contributed by atoms with Gasteiger partial charge >= 0.3 is 0 Å². The number of halogens is 1. The topological polar surface area (TPSA) is 103 Å². The number of aromatic nitrogens is 2. The molecule has 7 nitrogen and oxygen atoms in total. The van der Waals surface area contributed by atoms with Crippen LogP contribution in [0.25, 0.3) is 21.7 Å². The highest BCUT2D eigenvalue weighted by Gasteiger charge is 2.21. The van der Waals surface area contributed by atoms with Gasteiger partial charge in [0.25, 0.3) is 0 Å². The van der Waals surface area contributed by atoms with Crippen LogP contribution in [0.5, 0.6) is 23.1 Å². The summed E-state index contributed by atoms with van der Waals surface area (Å²) in [5.74, 6) is 0.703. The number of anilines is 1. The van der Waals surface area contributed by atoms with E-state index in [4.69, 9.17) is 15.2 Å². The Hall–Kier alpha value is -4.46. The van der Waals surface area contributed by atoms with Crippen LogP contribution < -0.4 is 15.2 Å². The average molecular weight is 474 g/mol. The number of methoxy groups -OCH3 is 2. The third kappa shape index (κ3) is 3.93. The van der Waals surface area contributed by atoms with Gasteiger partial charge in [-0.15, -0.1) is 0 Å². The van der Waals surface area contributed by atoms with Gasteiger partial charge < -0.3 is 30.0 Å². The molecule has 178 valence electrons. The van der Waals surface area contributed by atoms with Gasteiger partial charge in [-0.05, 0) is 47.9 Å². The molecule has 0 saturated heterocycles. The van der Waals surface area contributed by atoms with Crippen molar-refractivity contribution in [3.8, 4) is 23.1 Å². The van der Waals surface area contributed by atoms with Crippen LogP contribution in [0.15, 0.2) is 60.9 Å². The number of nitrogens with two attached hydrogens (primary N) is 1. The Morgan fingerprint density at radius 3 is 2.46 bits per heavy atom. The molecular formula is C27H24FN3O4. The molecule has 0 atom stereocenters. The number of ether oxygens (including phenoxy) is 2. The smallest absolute Gasteiger partial charge is 0.203 e. The molecule has 0 fully saturated rings. The van der Waals surface area contributed by atoms with E-state index >= 15 is 0 Å². The van der Waals surface area contributed by atoms with Gasteiger partial charge in [0, 0.05) is 34.8 Å². The first-order valence-corrected chi connectivity index (χ1v) is 11.0. The number of rotatable bonds is 6. The average Bonchev–Trinajstić information content (AvgIpc) is 3.20. The van der Waals surface area contributed by atoms with Crippen LogP contribution in [0.4, 0.5) is 10.1 Å². The fourth-order valence-corrected chi connectivity index (χ4v) is 4.37. The van der Waals surface area contributed by atoms with Gasteiger partial charge in [-0.25, -0.2) is 4.39 Å². The lowest BCUT2D eigenvalue weighted by atomic mass is 10.0. The Labute approximate surface area is 200 Å². The lowest BCUT2D eigenvalue weighted by molar-refractivity contribution is 0.387. The van der Waals surface area contributed by atoms with Gasteiger partial charge in [0.2, 0.25) is 5.88 Å². The quantitative estimate of drug-likeness (QED) is 0.238. The summed E-state index contributed by atoms with van der Waals surface area (Å²) >= 11 is 0. The van der Waals surface area contributed by atoms with E-state index in [1.807, 2.05) is 18.2 Å². The summed E-state index contributed by atoms with van der Waals surface area (Å²) in [6.07, 6.45) is 3.88. The van der Waals surface area contributed by atoms with Gasteiger partial charge in [0.05, 0.1) is 31.8 Å². The van der Waals surface area contributed by atoms with Crippen LogP contribution in [0.3, 0.4) is 0 Å². The number of pyridine rings is 1. The van der Waals surface area contributed by atoms with Crippen molar-refractivity contribution < 1.29 is 24.1 Å². The molecule has 0 saturated carbocycles. The zero-order valence-electron chi connectivity index (χ0n) is 19.2. The molecule has 0 spiro atoms. The van der Waals surface area contributed by atoms with E-state index < -0.39 is 0 Å². The molecule has 0 bridgehead atoms. The number of nitrogens with zero attached hydrogens (tertiary/aromatic N) is 2. The van der Waals surface area contributed by atoms with Crippen molar-refractivity contribution in [2.24, 2.45) is 0 Å². The Morgan fingerprint density at radius 1 is 0.971 bits per heavy atom. The van der Waals surface area contributed by atoms with Crippen LogP contribution in [0.2, 0.25) is 0 Å². The molecule has 5 aromatic rings. The second kappa shape index (κ2) is 8.72. The number of phenolic OH excluding ortho intramolecular Hbond substituents is 1. The summed E-state index contributed by atoms with van der Waals surface area (Å²) in [6, 6.07) is 13.6. The van der Waals surface area contributed by atoms with E-state index in [1.165, 1.54) is 12.1 Å². The van der Waals surface area contributed by atoms with Crippen molar-refractivity contribution >= 4 is 27.4 Å². The van der Waals surface area contributed by atoms with Crippen molar-refractivity contribution in [3.05, 3.63) is 83.4 Å². The second-order valence-corrected chi connectivity index (χ2v) is 8.35. The minimum Gasteiger partial charge on any atom is -0.505 e. The van der Waals surface area contributed by atoms with Gasteiger partial charge in [-0.3, -0.25) is 4.98 Å². The third-order valence-electron chi connectivity index (χ3n) is 6.19. The van der Waals surface area contributed by atoms with Gasteiger partial charge in [0.1, 0.15) is 22.8 Å². The van der Waals surface area contributed by atoms with Crippen molar-refractivity contribution in [2.45, 2.75) is 13.0 Å². The molecule has 0 radical (unpaired) electrons. The molecule has 0 amide bonds. The summed E-state index contributed by atoms with van der Waals surface area (Å²) in [7, 11) is 3.14. The van der Waals surface area contributed by atoms with Crippen LogP contribution in [-0.2, 0) is 13.0 Å². The monoisotopic (exact) mass is 473 g/mol. The van der Waals surface area contributed by atoms with Crippen molar-refractivity contribution in [3.63, 3.8) is 0 Å². The van der Waals surface area contributed by atoms with Crippen molar-refractivity contribution in [1.82, 2.24) is 9.55 Å². The molecular weight excluding hydrogens is 449 g/mol. The largest absolute Gasteiger partial charge is 0.505 e. The maximum atomic E-state index is 13.2. The van der Waals surface area contributed by atoms with Crippen molar-refractivity contribution in [1.29, 1.82) is 0 Å². The maximum Gasteiger partial charge on any atom is 0.203 e. The Morgan fingerprint density at radius 2 is 1.74 bits per heavy atom. The van der Waals surface area contributed by atoms with Crippen LogP contribution >= 0.6 is 0 Å². The third-order valence-corrected chi connectivity index (χ3v) is 6.19. The summed E-state index contributed by atoms with van der Waals surface area (Å²) < 4.78 is 25.6. The maximum absolute atomic E-state index is 13.2. The van der Waals surface area contributed by atoms with Gasteiger partial charge in [0.15, 0.2) is 5.75 Å². The summed E-state index contributed by atoms with van der Waals surface area (Å²) in [5.41, 5.74) is 9.81. The van der Waals surface area contributed by atoms with E-state index in [1.54, 1.807) is 49.4 Å². The minimum absolute atomic E-state index is 0.124. The highest BCUT2D eigenvalue weighted by atomic mass is 19.1. The van der Waals surface area contributed by atoms with Crippen LogP contribution in [0.1, 0.15) is 16.7 Å². The molecule has 0 unspecified atom stereocenters. The summed E-state index contributed by atoms with van der Waals surface area (Å²) in [5, 5.41) is 23.3. The summed E-state index contributed by atoms with van der Waals surface area (Å²) in [6.45, 7) is 0.284. The first-order chi connectivity index (χ1) is 16.9. The second-order valence-electron chi connectivity index (χ2n) is 8.35. The Kier molecular flexibility index (Phi) is 5.56. The number of nitrogen functional groups attached to an aromatic ring is 1. The fraction of sp³-hybridized carbons (Fsp3) is 0.148. The lowest BCUT2D eigenvalue weighted by Crippen LogP contribution is -2.00. The molecule has 3 aromatic carbocycles. The predicted octanol–water partition coefficient (Wildman–Crippen LogP) is 4.98. The first-order valence-electron chi connectivity index (χ1n) is 11.0. The number of phenols is 1. The van der Waals surface area contributed by atoms with E-state index in [-0.39, 0.29) is 29.4 Å². The van der Waals surface area contributed by atoms with Gasteiger partial charge in [-0.2, -0.15) is 0 Å². The first kappa shape index (κ1) is 22.3. The molecule has 0 aliphatic heterocycles. The highest BCUT2D eigenvalue weighted by molar-refractivity contribution is 6.15. The molecule has 0 aliphatic carbocycles. The van der Waals surface area contributed by atoms with Crippen LogP contribution in [-0.4, -0.2) is 34.0 Å². The molecule has 4 N–H and O–H groups in total. The lowest BCUT2D eigenvalue weighted by Gasteiger charge is -2.11. The van der Waals surface area contributed by atoms with Crippen molar-refractivity contribution in [2.75, 3.05) is 20.0 Å². The number of benzene rings is 3. The van der Waals surface area contributed by atoms with Crippen LogP contribution in [0, 0.1) is 5.82 Å². The molecule has 5 rings (SSSR count). The number of hydrogen-bond donors (Lipinski definition) is 3. The molecule has 2 heterocycles. The Bertz CT molecular complexity index is 1560. The number of hydrogen-bond acceptors (Lipinski definition) is 6. The van der Waals surface area contributed by atoms with E-state index in [9.17, 15) is 14.6 Å². The number of fused-ring (bicyclic) bond motifs is 2. The minimum atomic E-state index is -0.293. The fourth-order valence-electron chi connectivity index (χ4n) is 4.37. The van der Waals surface area contributed by atoms with E-state index in [2.05, 4.69) is 4.98 Å². The predicted molar refractivity (Wildman–Crippen MR) is 133 cm³/mol. The summed E-state index contributed by atoms with van der Waals surface area (Å²) in [4.78, 5) is 4.43. The zero-order chi connectivity index (χ0) is 24.7. The molecule has 0 aliphatic rings. The molecule has 8 heteroatoms. The highest BCUT2D eigenvalue weighted by Crippen LogP contribution is 2.44. The normalized spacial score (nSPS) is 11.3. The number of aromatic hydroxyl groups is 2. The van der Waals surface area contributed by atoms with E-state index in [0.29, 0.717) is 39.9 Å². The zero-order valence-corrected chi connectivity index (χ0v) is 19.2. The molecule has 2 aromatic heterocycles.